The Kier molecular flexibility index (Phi) is 7.31. The van der Waals surface area contributed by atoms with Gasteiger partial charge in [-0.1, -0.05) is 25.1 Å². The normalized spacial score (nSPS) is 13.9. The van der Waals surface area contributed by atoms with Crippen LogP contribution in [0.4, 0.5) is 0 Å². The number of nitrogens with one attached hydrogen (secondary N) is 2. The van der Waals surface area contributed by atoms with Crippen molar-refractivity contribution < 1.29 is 14.2 Å². The minimum atomic E-state index is 0.292. The van der Waals surface area contributed by atoms with Crippen molar-refractivity contribution in [1.29, 1.82) is 0 Å². The van der Waals surface area contributed by atoms with Crippen LogP contribution in [-0.2, 0) is 6.54 Å². The lowest BCUT2D eigenvalue weighted by atomic mass is 10.2. The lowest BCUT2D eigenvalue weighted by Crippen LogP contribution is -2.39. The van der Waals surface area contributed by atoms with Gasteiger partial charge in [-0.15, -0.1) is 11.8 Å². The Balaban J connectivity index is 1.42. The first-order valence-electron chi connectivity index (χ1n) is 9.28. The summed E-state index contributed by atoms with van der Waals surface area (Å²) in [5.74, 6) is 4.77. The molecule has 0 aromatic heterocycles. The highest BCUT2D eigenvalue weighted by molar-refractivity contribution is 7.99. The average Bonchev–Trinajstić information content (AvgIpc) is 3.20. The molecular formula is C21H27N3O3S. The minimum Gasteiger partial charge on any atom is -0.496 e. The lowest BCUT2D eigenvalue weighted by Gasteiger charge is -2.16. The van der Waals surface area contributed by atoms with Crippen molar-refractivity contribution in [2.75, 3.05) is 33.2 Å². The molecule has 0 fully saturated rings. The van der Waals surface area contributed by atoms with E-state index in [4.69, 9.17) is 14.2 Å². The van der Waals surface area contributed by atoms with Gasteiger partial charge in [0.25, 0.3) is 0 Å². The molecule has 2 N–H and O–H groups in total. The molecule has 7 heteroatoms. The van der Waals surface area contributed by atoms with Crippen LogP contribution in [0.15, 0.2) is 52.4 Å². The molecule has 1 unspecified atom stereocenters. The smallest absolute Gasteiger partial charge is 0.231 e. The molecule has 3 rings (SSSR count). The van der Waals surface area contributed by atoms with E-state index in [1.54, 1.807) is 14.2 Å². The van der Waals surface area contributed by atoms with Gasteiger partial charge in [-0.25, -0.2) is 0 Å². The molecule has 2 aromatic carbocycles. The summed E-state index contributed by atoms with van der Waals surface area (Å²) in [6.07, 6.45) is 0. The van der Waals surface area contributed by atoms with Crippen molar-refractivity contribution in [3.8, 4) is 17.2 Å². The maximum Gasteiger partial charge on any atom is 0.231 e. The third kappa shape index (κ3) is 5.48. The number of benzene rings is 2. The van der Waals surface area contributed by atoms with Crippen LogP contribution in [-0.4, -0.2) is 39.2 Å². The van der Waals surface area contributed by atoms with Gasteiger partial charge in [0.1, 0.15) is 5.75 Å². The van der Waals surface area contributed by atoms with Crippen LogP contribution < -0.4 is 24.8 Å². The quantitative estimate of drug-likeness (QED) is 0.401. The number of methoxy groups -OCH3 is 1. The van der Waals surface area contributed by atoms with Crippen LogP contribution in [0, 0.1) is 5.92 Å². The number of para-hydroxylation sites is 1. The Bertz CT molecular complexity index is 813. The second-order valence-corrected chi connectivity index (χ2v) is 7.62. The van der Waals surface area contributed by atoms with E-state index in [0.717, 1.165) is 41.1 Å². The molecule has 1 heterocycles. The van der Waals surface area contributed by atoms with Crippen molar-refractivity contribution in [2.45, 2.75) is 18.4 Å². The first-order chi connectivity index (χ1) is 13.7. The number of hydrogen-bond donors (Lipinski definition) is 2. The van der Waals surface area contributed by atoms with E-state index >= 15 is 0 Å². The third-order valence-corrected chi connectivity index (χ3v) is 5.71. The van der Waals surface area contributed by atoms with E-state index in [-0.39, 0.29) is 0 Å². The van der Waals surface area contributed by atoms with Gasteiger partial charge < -0.3 is 24.8 Å². The Morgan fingerprint density at radius 3 is 2.82 bits per heavy atom. The summed E-state index contributed by atoms with van der Waals surface area (Å²) >= 11 is 1.81. The Morgan fingerprint density at radius 2 is 2.00 bits per heavy atom. The number of aliphatic imine (C=N–C) groups is 1. The van der Waals surface area contributed by atoms with Crippen LogP contribution in [0.2, 0.25) is 0 Å². The van der Waals surface area contributed by atoms with Gasteiger partial charge >= 0.3 is 0 Å². The van der Waals surface area contributed by atoms with Gasteiger partial charge in [-0.05, 0) is 35.7 Å². The van der Waals surface area contributed by atoms with Crippen LogP contribution >= 0.6 is 11.8 Å². The standard InChI is InChI=1S/C21H27N3O3S/c1-15(13-28-20-7-5-4-6-18(20)25-3)11-23-21(22-2)24-12-16-8-9-17-19(10-16)27-14-26-17/h4-10,15H,11-14H2,1-3H3,(H2,22,23,24). The van der Waals surface area contributed by atoms with E-state index < -0.39 is 0 Å². The highest BCUT2D eigenvalue weighted by atomic mass is 32.2. The molecule has 0 amide bonds. The second kappa shape index (κ2) is 10.1. The SMILES string of the molecule is CN=C(NCc1ccc2c(c1)OCO2)NCC(C)CSc1ccccc1OC. The van der Waals surface area contributed by atoms with Crippen LogP contribution in [0.5, 0.6) is 17.2 Å². The summed E-state index contributed by atoms with van der Waals surface area (Å²) in [5.41, 5.74) is 1.12. The summed E-state index contributed by atoms with van der Waals surface area (Å²) in [7, 11) is 3.49. The van der Waals surface area contributed by atoms with Crippen molar-refractivity contribution in [3.05, 3.63) is 48.0 Å². The first-order valence-corrected chi connectivity index (χ1v) is 10.3. The molecule has 28 heavy (non-hydrogen) atoms. The fraction of sp³-hybridized carbons (Fsp3) is 0.381. The molecule has 0 radical (unpaired) electrons. The number of fused-ring (bicyclic) bond motifs is 1. The molecule has 1 aliphatic heterocycles. The highest BCUT2D eigenvalue weighted by Crippen LogP contribution is 2.32. The van der Waals surface area contributed by atoms with E-state index in [1.807, 2.05) is 48.2 Å². The van der Waals surface area contributed by atoms with Crippen LogP contribution in [0.3, 0.4) is 0 Å². The molecule has 0 saturated heterocycles. The maximum absolute atomic E-state index is 5.42. The Hall–Kier alpha value is -2.54. The molecule has 1 atom stereocenters. The molecular weight excluding hydrogens is 374 g/mol. The molecule has 1 aliphatic rings. The van der Waals surface area contributed by atoms with Gasteiger partial charge in [-0.2, -0.15) is 0 Å². The van der Waals surface area contributed by atoms with Crippen molar-refractivity contribution in [2.24, 2.45) is 10.9 Å². The molecule has 150 valence electrons. The maximum atomic E-state index is 5.42. The number of hydrogen-bond acceptors (Lipinski definition) is 5. The fourth-order valence-electron chi connectivity index (χ4n) is 2.76. The van der Waals surface area contributed by atoms with Gasteiger partial charge in [0, 0.05) is 30.8 Å². The number of rotatable bonds is 8. The summed E-state index contributed by atoms with van der Waals surface area (Å²) < 4.78 is 16.2. The number of thioether (sulfide) groups is 1. The van der Waals surface area contributed by atoms with Crippen molar-refractivity contribution >= 4 is 17.7 Å². The van der Waals surface area contributed by atoms with Crippen molar-refractivity contribution in [1.82, 2.24) is 10.6 Å². The lowest BCUT2D eigenvalue weighted by molar-refractivity contribution is 0.174. The van der Waals surface area contributed by atoms with Crippen molar-refractivity contribution in [3.63, 3.8) is 0 Å². The second-order valence-electron chi connectivity index (χ2n) is 6.56. The zero-order valence-electron chi connectivity index (χ0n) is 16.5. The van der Waals surface area contributed by atoms with Crippen LogP contribution in [0.25, 0.3) is 0 Å². The van der Waals surface area contributed by atoms with E-state index in [9.17, 15) is 0 Å². The van der Waals surface area contributed by atoms with Crippen LogP contribution in [0.1, 0.15) is 12.5 Å². The fourth-order valence-corrected chi connectivity index (χ4v) is 3.81. The molecule has 6 nitrogen and oxygen atoms in total. The van der Waals surface area contributed by atoms with E-state index in [0.29, 0.717) is 19.3 Å². The summed E-state index contributed by atoms with van der Waals surface area (Å²) in [6, 6.07) is 14.1. The summed E-state index contributed by atoms with van der Waals surface area (Å²) in [5, 5.41) is 6.74. The predicted molar refractivity (Wildman–Crippen MR) is 114 cm³/mol. The van der Waals surface area contributed by atoms with E-state index in [1.165, 1.54) is 4.90 Å². The summed E-state index contributed by atoms with van der Waals surface area (Å²) in [6.45, 7) is 4.02. The molecule has 0 spiro atoms. The number of ether oxygens (including phenoxy) is 3. The van der Waals surface area contributed by atoms with Gasteiger partial charge in [0.15, 0.2) is 17.5 Å². The zero-order chi connectivity index (χ0) is 19.8. The van der Waals surface area contributed by atoms with Gasteiger partial charge in [0.05, 0.1) is 7.11 Å². The first kappa shape index (κ1) is 20.2. The van der Waals surface area contributed by atoms with Gasteiger partial charge in [0.2, 0.25) is 6.79 Å². The summed E-state index contributed by atoms with van der Waals surface area (Å²) in [4.78, 5) is 5.47. The third-order valence-electron chi connectivity index (χ3n) is 4.33. The average molecular weight is 402 g/mol. The molecule has 0 aliphatic carbocycles. The molecule has 0 saturated carbocycles. The number of guanidine groups is 1. The molecule has 2 aromatic rings. The highest BCUT2D eigenvalue weighted by Gasteiger charge is 2.13. The topological polar surface area (TPSA) is 64.1 Å². The predicted octanol–water partition coefficient (Wildman–Crippen LogP) is 3.52. The minimum absolute atomic E-state index is 0.292. The van der Waals surface area contributed by atoms with E-state index in [2.05, 4.69) is 28.6 Å². The Morgan fingerprint density at radius 1 is 1.18 bits per heavy atom. The molecule has 0 bridgehead atoms. The van der Waals surface area contributed by atoms with Gasteiger partial charge in [-0.3, -0.25) is 4.99 Å². The monoisotopic (exact) mass is 401 g/mol. The zero-order valence-corrected chi connectivity index (χ0v) is 17.3. The number of nitrogens with zero attached hydrogens (tertiary/aromatic N) is 1. The Labute approximate surface area is 170 Å². The largest absolute Gasteiger partial charge is 0.496 e.